The van der Waals surface area contributed by atoms with Gasteiger partial charge in [0.1, 0.15) is 16.3 Å². The molecule has 194 valence electrons. The SMILES string of the molecule is O=C(NS(=O)(=O)c1ccc(NCCSc2ccccc2)c([N+](=O)[O-])c1N1CCNCC1)c1ccccc1. The van der Waals surface area contributed by atoms with Crippen LogP contribution < -0.4 is 20.3 Å². The second kappa shape index (κ2) is 12.1. The quantitative estimate of drug-likeness (QED) is 0.153. The average Bonchev–Trinajstić information content (AvgIpc) is 2.91. The van der Waals surface area contributed by atoms with E-state index in [1.54, 1.807) is 34.9 Å². The molecule has 1 aliphatic heterocycles. The van der Waals surface area contributed by atoms with E-state index in [1.807, 2.05) is 30.3 Å². The molecular formula is C25H27N5O5S2. The van der Waals surface area contributed by atoms with Crippen molar-refractivity contribution in [1.29, 1.82) is 0 Å². The Kier molecular flexibility index (Phi) is 8.64. The summed E-state index contributed by atoms with van der Waals surface area (Å²) in [6.45, 7) is 2.27. The second-order valence-electron chi connectivity index (χ2n) is 8.19. The molecule has 0 aliphatic carbocycles. The lowest BCUT2D eigenvalue weighted by Gasteiger charge is -2.31. The fourth-order valence-corrected chi connectivity index (χ4v) is 5.99. The van der Waals surface area contributed by atoms with Crippen LogP contribution in [0.3, 0.4) is 0 Å². The number of anilines is 2. The summed E-state index contributed by atoms with van der Waals surface area (Å²) in [5.74, 6) is -0.160. The molecule has 0 bridgehead atoms. The van der Waals surface area contributed by atoms with Gasteiger partial charge in [-0.25, -0.2) is 13.1 Å². The molecule has 3 N–H and O–H groups in total. The number of sulfonamides is 1. The molecule has 1 aliphatic rings. The Balaban J connectivity index is 1.65. The predicted molar refractivity (Wildman–Crippen MR) is 145 cm³/mol. The van der Waals surface area contributed by atoms with Crippen LogP contribution in [-0.2, 0) is 10.0 Å². The van der Waals surface area contributed by atoms with E-state index in [4.69, 9.17) is 0 Å². The van der Waals surface area contributed by atoms with E-state index in [2.05, 4.69) is 15.4 Å². The Labute approximate surface area is 219 Å². The molecule has 4 rings (SSSR count). The molecule has 12 heteroatoms. The summed E-state index contributed by atoms with van der Waals surface area (Å²) >= 11 is 1.60. The van der Waals surface area contributed by atoms with E-state index < -0.39 is 20.9 Å². The minimum Gasteiger partial charge on any atom is -0.379 e. The third-order valence-electron chi connectivity index (χ3n) is 5.71. The Hall–Kier alpha value is -3.61. The number of piperazine rings is 1. The number of nitrogens with zero attached hydrogens (tertiary/aromatic N) is 2. The molecule has 1 fully saturated rings. The number of nitro benzene ring substituents is 1. The summed E-state index contributed by atoms with van der Waals surface area (Å²) < 4.78 is 28.8. The van der Waals surface area contributed by atoms with Crippen LogP contribution in [-0.4, -0.2) is 57.7 Å². The molecule has 1 heterocycles. The largest absolute Gasteiger partial charge is 0.379 e. The van der Waals surface area contributed by atoms with Gasteiger partial charge in [-0.1, -0.05) is 36.4 Å². The van der Waals surface area contributed by atoms with E-state index in [9.17, 15) is 23.3 Å². The van der Waals surface area contributed by atoms with Gasteiger partial charge in [-0.15, -0.1) is 11.8 Å². The first-order valence-electron chi connectivity index (χ1n) is 11.7. The number of nitrogens with one attached hydrogen (secondary N) is 3. The first-order chi connectivity index (χ1) is 17.9. The lowest BCUT2D eigenvalue weighted by Crippen LogP contribution is -2.44. The molecule has 0 radical (unpaired) electrons. The summed E-state index contributed by atoms with van der Waals surface area (Å²) in [4.78, 5) is 26.8. The number of hydrogen-bond acceptors (Lipinski definition) is 9. The van der Waals surface area contributed by atoms with Crippen LogP contribution in [0.2, 0.25) is 0 Å². The zero-order valence-corrected chi connectivity index (χ0v) is 21.6. The third kappa shape index (κ3) is 6.59. The average molecular weight is 542 g/mol. The van der Waals surface area contributed by atoms with Gasteiger partial charge >= 0.3 is 5.69 Å². The number of nitro groups is 1. The van der Waals surface area contributed by atoms with Crippen LogP contribution in [0, 0.1) is 10.1 Å². The number of amides is 1. The van der Waals surface area contributed by atoms with Gasteiger partial charge in [0.25, 0.3) is 15.9 Å². The van der Waals surface area contributed by atoms with Gasteiger partial charge < -0.3 is 15.5 Å². The molecule has 1 amide bonds. The summed E-state index contributed by atoms with van der Waals surface area (Å²) in [7, 11) is -4.42. The van der Waals surface area contributed by atoms with Crippen LogP contribution in [0.15, 0.2) is 82.6 Å². The molecule has 0 atom stereocenters. The lowest BCUT2D eigenvalue weighted by atomic mass is 10.2. The van der Waals surface area contributed by atoms with Crippen LogP contribution in [0.5, 0.6) is 0 Å². The molecule has 10 nitrogen and oxygen atoms in total. The van der Waals surface area contributed by atoms with E-state index >= 15 is 0 Å². The van der Waals surface area contributed by atoms with Gasteiger partial charge in [0.2, 0.25) is 0 Å². The molecular weight excluding hydrogens is 514 g/mol. The number of hydrogen-bond donors (Lipinski definition) is 3. The summed E-state index contributed by atoms with van der Waals surface area (Å²) in [6, 6.07) is 20.4. The van der Waals surface area contributed by atoms with Crippen molar-refractivity contribution in [2.45, 2.75) is 9.79 Å². The molecule has 1 saturated heterocycles. The zero-order chi connectivity index (χ0) is 26.3. The highest BCUT2D eigenvalue weighted by atomic mass is 32.2. The number of carbonyl (C=O) groups is 1. The van der Waals surface area contributed by atoms with Gasteiger partial charge in [-0.2, -0.15) is 0 Å². The number of rotatable bonds is 10. The molecule has 3 aromatic carbocycles. The van der Waals surface area contributed by atoms with Crippen molar-refractivity contribution in [2.24, 2.45) is 0 Å². The van der Waals surface area contributed by atoms with Crippen molar-refractivity contribution in [3.8, 4) is 0 Å². The van der Waals surface area contributed by atoms with E-state index in [-0.39, 0.29) is 27.5 Å². The van der Waals surface area contributed by atoms with E-state index in [0.29, 0.717) is 38.5 Å². The van der Waals surface area contributed by atoms with Gasteiger partial charge in [-0.05, 0) is 36.4 Å². The lowest BCUT2D eigenvalue weighted by molar-refractivity contribution is -0.383. The fourth-order valence-electron chi connectivity index (χ4n) is 4.00. The number of thioether (sulfide) groups is 1. The van der Waals surface area contributed by atoms with Gasteiger partial charge in [-0.3, -0.25) is 14.9 Å². The van der Waals surface area contributed by atoms with Gasteiger partial charge in [0.15, 0.2) is 0 Å². The maximum absolute atomic E-state index is 13.4. The highest BCUT2D eigenvalue weighted by molar-refractivity contribution is 7.99. The third-order valence-corrected chi connectivity index (χ3v) is 8.09. The molecule has 37 heavy (non-hydrogen) atoms. The first-order valence-corrected chi connectivity index (χ1v) is 14.1. The zero-order valence-electron chi connectivity index (χ0n) is 19.9. The number of benzene rings is 3. The second-order valence-corrected chi connectivity index (χ2v) is 11.0. The summed E-state index contributed by atoms with van der Waals surface area (Å²) in [5.41, 5.74) is 0.0289. The Morgan fingerprint density at radius 2 is 1.65 bits per heavy atom. The molecule has 0 aromatic heterocycles. The summed E-state index contributed by atoms with van der Waals surface area (Å²) in [5, 5.41) is 18.6. The minimum absolute atomic E-state index is 0.0272. The van der Waals surface area contributed by atoms with Gasteiger partial charge in [0.05, 0.1) is 4.92 Å². The van der Waals surface area contributed by atoms with Crippen LogP contribution in [0.4, 0.5) is 17.1 Å². The summed E-state index contributed by atoms with van der Waals surface area (Å²) in [6.07, 6.45) is 0. The maximum atomic E-state index is 13.4. The van der Waals surface area contributed by atoms with Crippen LogP contribution in [0.25, 0.3) is 0 Å². The Morgan fingerprint density at radius 3 is 2.30 bits per heavy atom. The van der Waals surface area contributed by atoms with Crippen LogP contribution >= 0.6 is 11.8 Å². The highest BCUT2D eigenvalue weighted by Crippen LogP contribution is 2.41. The Bertz CT molecular complexity index is 1350. The Morgan fingerprint density at radius 1 is 1.00 bits per heavy atom. The molecule has 0 saturated carbocycles. The first kappa shape index (κ1) is 26.5. The van der Waals surface area contributed by atoms with E-state index in [1.165, 1.54) is 24.3 Å². The maximum Gasteiger partial charge on any atom is 0.316 e. The standard InChI is InChI=1S/C25H27N5O5S2/c31-25(19-7-3-1-4-8-19)28-37(34,35)22-12-11-21(27-15-18-36-20-9-5-2-6-10-20)23(30(32)33)24(22)29-16-13-26-14-17-29/h1-12,26-27H,13-18H2,(H,28,31). The smallest absolute Gasteiger partial charge is 0.316 e. The van der Waals surface area contributed by atoms with Crippen molar-refractivity contribution in [3.05, 3.63) is 88.5 Å². The van der Waals surface area contributed by atoms with Gasteiger partial charge in [0, 0.05) is 48.9 Å². The van der Waals surface area contributed by atoms with E-state index in [0.717, 1.165) is 4.90 Å². The highest BCUT2D eigenvalue weighted by Gasteiger charge is 2.34. The molecule has 0 spiro atoms. The topological polar surface area (TPSA) is 134 Å². The predicted octanol–water partition coefficient (Wildman–Crippen LogP) is 3.33. The fraction of sp³-hybridized carbons (Fsp3) is 0.240. The normalized spacial score (nSPS) is 13.7. The van der Waals surface area contributed by atoms with Crippen molar-refractivity contribution in [2.75, 3.05) is 48.7 Å². The molecule has 0 unspecified atom stereocenters. The monoisotopic (exact) mass is 541 g/mol. The van der Waals surface area contributed by atoms with Crippen molar-refractivity contribution in [1.82, 2.24) is 10.0 Å². The number of carbonyl (C=O) groups excluding carboxylic acids is 1. The molecule has 3 aromatic rings. The van der Waals surface area contributed by atoms with Crippen molar-refractivity contribution in [3.63, 3.8) is 0 Å². The van der Waals surface area contributed by atoms with Crippen molar-refractivity contribution < 1.29 is 18.1 Å². The van der Waals surface area contributed by atoms with Crippen LogP contribution in [0.1, 0.15) is 10.4 Å². The van der Waals surface area contributed by atoms with Crippen molar-refractivity contribution >= 4 is 44.8 Å². The minimum atomic E-state index is -4.42.